The number of carbonyl (C=O) groups is 1. The fourth-order valence-corrected chi connectivity index (χ4v) is 2.88. The quantitative estimate of drug-likeness (QED) is 0.437. The summed E-state index contributed by atoms with van der Waals surface area (Å²) in [4.78, 5) is 20.4. The van der Waals surface area contributed by atoms with Crippen molar-refractivity contribution in [3.05, 3.63) is 42.2 Å². The van der Waals surface area contributed by atoms with Gasteiger partial charge in [0.05, 0.1) is 23.6 Å². The monoisotopic (exact) mass is 427 g/mol. The number of amides is 1. The van der Waals surface area contributed by atoms with E-state index in [9.17, 15) is 18.0 Å². The summed E-state index contributed by atoms with van der Waals surface area (Å²) in [6.07, 6.45) is -1.33. The molecule has 3 rings (SSSR count). The molecule has 1 aromatic carbocycles. The first-order chi connectivity index (χ1) is 13.9. The number of fused-ring (bicyclic) bond motifs is 1. The van der Waals surface area contributed by atoms with Crippen molar-refractivity contribution in [1.82, 2.24) is 19.6 Å². The second kappa shape index (κ2) is 9.09. The maximum Gasteiger partial charge on any atom is 0.416 e. The van der Waals surface area contributed by atoms with Crippen LogP contribution in [0.3, 0.4) is 0 Å². The Kier molecular flexibility index (Phi) is 6.54. The van der Waals surface area contributed by atoms with Crippen molar-refractivity contribution >= 4 is 29.1 Å². The Morgan fingerprint density at radius 3 is 2.86 bits per heavy atom. The molecule has 3 aromatic rings. The van der Waals surface area contributed by atoms with Gasteiger partial charge >= 0.3 is 6.18 Å². The number of methoxy groups -OCH3 is 1. The number of alkyl halides is 3. The molecule has 12 heteroatoms. The van der Waals surface area contributed by atoms with Crippen molar-refractivity contribution in [1.29, 1.82) is 0 Å². The molecule has 0 saturated carbocycles. The topological polar surface area (TPSA) is 90.6 Å². The highest BCUT2D eigenvalue weighted by Crippen LogP contribution is 2.35. The summed E-state index contributed by atoms with van der Waals surface area (Å²) in [6.45, 7) is 0.371. The van der Waals surface area contributed by atoms with E-state index in [1.54, 1.807) is 18.5 Å². The summed E-state index contributed by atoms with van der Waals surface area (Å²) < 4.78 is 50.7. The first-order valence-electron chi connectivity index (χ1n) is 8.30. The van der Waals surface area contributed by atoms with E-state index in [1.165, 1.54) is 11.6 Å². The Morgan fingerprint density at radius 2 is 2.14 bits per heavy atom. The van der Waals surface area contributed by atoms with Gasteiger partial charge in [-0.3, -0.25) is 4.79 Å². The van der Waals surface area contributed by atoms with Gasteiger partial charge in [0.2, 0.25) is 11.1 Å². The van der Waals surface area contributed by atoms with Gasteiger partial charge in [-0.05, 0) is 24.3 Å². The van der Waals surface area contributed by atoms with Gasteiger partial charge in [0.15, 0.2) is 0 Å². The van der Waals surface area contributed by atoms with Crippen LogP contribution in [0.1, 0.15) is 5.56 Å². The van der Waals surface area contributed by atoms with Gasteiger partial charge in [-0.2, -0.15) is 18.2 Å². The SMILES string of the molecule is COCCOc1ccc(C(F)(F)F)cc1NC(=O)CSc1nc2ncccn2n1. The molecule has 0 aliphatic carbocycles. The number of nitrogens with one attached hydrogen (secondary N) is 1. The summed E-state index contributed by atoms with van der Waals surface area (Å²) >= 11 is 1.03. The molecule has 0 atom stereocenters. The van der Waals surface area contributed by atoms with Crippen LogP contribution in [0.15, 0.2) is 41.8 Å². The maximum atomic E-state index is 13.0. The molecule has 0 aliphatic heterocycles. The molecule has 0 saturated heterocycles. The largest absolute Gasteiger partial charge is 0.489 e. The molecule has 29 heavy (non-hydrogen) atoms. The van der Waals surface area contributed by atoms with Crippen LogP contribution in [0.5, 0.6) is 5.75 Å². The Labute approximate surface area is 167 Å². The van der Waals surface area contributed by atoms with E-state index >= 15 is 0 Å². The summed E-state index contributed by atoms with van der Waals surface area (Å²) in [5.74, 6) is -0.145. The molecular weight excluding hydrogens is 411 g/mol. The molecule has 2 aromatic heterocycles. The molecule has 1 N–H and O–H groups in total. The van der Waals surface area contributed by atoms with Crippen molar-refractivity contribution in [2.24, 2.45) is 0 Å². The second-order valence-corrected chi connectivity index (χ2v) is 6.59. The smallest absolute Gasteiger partial charge is 0.416 e. The lowest BCUT2D eigenvalue weighted by Gasteiger charge is -2.15. The Bertz CT molecular complexity index is 963. The Balaban J connectivity index is 1.69. The summed E-state index contributed by atoms with van der Waals surface area (Å²) in [5, 5.41) is 6.91. The zero-order chi connectivity index (χ0) is 20.9. The fourth-order valence-electron chi connectivity index (χ4n) is 2.26. The second-order valence-electron chi connectivity index (χ2n) is 5.65. The highest BCUT2D eigenvalue weighted by atomic mass is 32.2. The highest BCUT2D eigenvalue weighted by Gasteiger charge is 2.31. The van der Waals surface area contributed by atoms with E-state index in [1.807, 2.05) is 0 Å². The van der Waals surface area contributed by atoms with E-state index in [0.29, 0.717) is 10.9 Å². The van der Waals surface area contributed by atoms with Crippen molar-refractivity contribution in [3.63, 3.8) is 0 Å². The van der Waals surface area contributed by atoms with Crippen molar-refractivity contribution < 1.29 is 27.4 Å². The number of anilines is 1. The number of benzene rings is 1. The van der Waals surface area contributed by atoms with E-state index in [-0.39, 0.29) is 30.4 Å². The lowest BCUT2D eigenvalue weighted by Crippen LogP contribution is -2.17. The third kappa shape index (κ3) is 5.57. The normalized spacial score (nSPS) is 11.6. The summed E-state index contributed by atoms with van der Waals surface area (Å²) in [5.41, 5.74) is -0.973. The molecule has 8 nitrogen and oxygen atoms in total. The van der Waals surface area contributed by atoms with Crippen LogP contribution in [0.4, 0.5) is 18.9 Å². The Hall–Kier alpha value is -2.86. The zero-order valence-electron chi connectivity index (χ0n) is 15.1. The molecule has 0 bridgehead atoms. The van der Waals surface area contributed by atoms with Gasteiger partial charge in [-0.25, -0.2) is 9.50 Å². The minimum atomic E-state index is -4.55. The Morgan fingerprint density at radius 1 is 1.31 bits per heavy atom. The predicted molar refractivity (Wildman–Crippen MR) is 99.0 cm³/mol. The molecular formula is C17H16F3N5O3S. The predicted octanol–water partition coefficient (Wildman–Crippen LogP) is 2.90. The first-order valence-corrected chi connectivity index (χ1v) is 9.28. The number of halogens is 3. The average Bonchev–Trinajstić information content (AvgIpc) is 3.10. The fraction of sp³-hybridized carbons (Fsp3) is 0.294. The zero-order valence-corrected chi connectivity index (χ0v) is 16.0. The van der Waals surface area contributed by atoms with Crippen LogP contribution >= 0.6 is 11.8 Å². The van der Waals surface area contributed by atoms with Crippen LogP contribution in [0.25, 0.3) is 5.78 Å². The molecule has 2 heterocycles. The van der Waals surface area contributed by atoms with Crippen molar-refractivity contribution in [3.8, 4) is 5.75 Å². The van der Waals surface area contributed by atoms with Gasteiger partial charge in [-0.15, -0.1) is 5.10 Å². The minimum absolute atomic E-state index is 0.0776. The molecule has 154 valence electrons. The molecule has 0 aliphatic rings. The average molecular weight is 427 g/mol. The number of hydrogen-bond donors (Lipinski definition) is 1. The van der Waals surface area contributed by atoms with Crippen LogP contribution < -0.4 is 10.1 Å². The van der Waals surface area contributed by atoms with Gasteiger partial charge in [0, 0.05) is 19.5 Å². The third-order valence-electron chi connectivity index (χ3n) is 3.56. The van der Waals surface area contributed by atoms with Crippen molar-refractivity contribution in [2.45, 2.75) is 11.3 Å². The number of nitrogens with zero attached hydrogens (tertiary/aromatic N) is 4. The van der Waals surface area contributed by atoms with E-state index in [2.05, 4.69) is 20.4 Å². The van der Waals surface area contributed by atoms with E-state index in [0.717, 1.165) is 30.0 Å². The first kappa shape index (κ1) is 20.9. The summed E-state index contributed by atoms with van der Waals surface area (Å²) in [6, 6.07) is 4.57. The van der Waals surface area contributed by atoms with Gasteiger partial charge in [0.25, 0.3) is 5.78 Å². The third-order valence-corrected chi connectivity index (χ3v) is 4.39. The number of thioether (sulfide) groups is 1. The molecule has 0 radical (unpaired) electrons. The van der Waals surface area contributed by atoms with Gasteiger partial charge < -0.3 is 14.8 Å². The minimum Gasteiger partial charge on any atom is -0.489 e. The van der Waals surface area contributed by atoms with Crippen LogP contribution in [0.2, 0.25) is 0 Å². The van der Waals surface area contributed by atoms with Crippen LogP contribution in [-0.4, -0.2) is 51.6 Å². The van der Waals surface area contributed by atoms with Crippen LogP contribution in [-0.2, 0) is 15.7 Å². The molecule has 0 unspecified atom stereocenters. The molecule has 1 amide bonds. The van der Waals surface area contributed by atoms with Gasteiger partial charge in [0.1, 0.15) is 12.4 Å². The van der Waals surface area contributed by atoms with Gasteiger partial charge in [-0.1, -0.05) is 11.8 Å². The standard InChI is InChI=1S/C17H16F3N5O3S/c1-27-7-8-28-13-4-3-11(17(18,19)20)9-12(13)22-14(26)10-29-16-23-15-21-5-2-6-25(15)24-16/h2-6,9H,7-8,10H2,1H3,(H,22,26). The number of rotatable bonds is 8. The molecule has 0 spiro atoms. The number of aromatic nitrogens is 4. The highest BCUT2D eigenvalue weighted by molar-refractivity contribution is 7.99. The maximum absolute atomic E-state index is 13.0. The van der Waals surface area contributed by atoms with E-state index < -0.39 is 17.6 Å². The number of hydrogen-bond acceptors (Lipinski definition) is 7. The van der Waals surface area contributed by atoms with Crippen LogP contribution in [0, 0.1) is 0 Å². The number of ether oxygens (including phenoxy) is 2. The lowest BCUT2D eigenvalue weighted by atomic mass is 10.1. The lowest BCUT2D eigenvalue weighted by molar-refractivity contribution is -0.137. The molecule has 0 fully saturated rings. The summed E-state index contributed by atoms with van der Waals surface area (Å²) in [7, 11) is 1.47. The van der Waals surface area contributed by atoms with Crippen molar-refractivity contribution in [2.75, 3.05) is 31.4 Å². The number of carbonyl (C=O) groups excluding carboxylic acids is 1. The van der Waals surface area contributed by atoms with E-state index in [4.69, 9.17) is 9.47 Å².